The Morgan fingerprint density at radius 1 is 1.69 bits per heavy atom. The largest absolute Gasteiger partial charge is 0.388 e. The second-order valence-corrected chi connectivity index (χ2v) is 5.39. The first-order valence-electron chi connectivity index (χ1n) is 4.63. The van der Waals surface area contributed by atoms with Crippen molar-refractivity contribution in [2.75, 3.05) is 13.6 Å². The zero-order valence-corrected chi connectivity index (χ0v) is 10.0. The van der Waals surface area contributed by atoms with E-state index in [0.717, 1.165) is 4.31 Å². The molecule has 0 aliphatic carbocycles. The summed E-state index contributed by atoms with van der Waals surface area (Å²) in [5.74, 6) is -0.0351. The van der Waals surface area contributed by atoms with Gasteiger partial charge in [-0.2, -0.15) is 9.40 Å². The minimum absolute atomic E-state index is 0.0351. The van der Waals surface area contributed by atoms with Crippen LogP contribution in [0.1, 0.15) is 6.42 Å². The molecule has 0 aliphatic rings. The molecule has 0 unspecified atom stereocenters. The molecule has 0 atom stereocenters. The monoisotopic (exact) mass is 245 g/mol. The van der Waals surface area contributed by atoms with Gasteiger partial charge in [-0.05, 0) is 6.07 Å². The van der Waals surface area contributed by atoms with Gasteiger partial charge in [-0.15, -0.1) is 0 Å². The third-order valence-corrected chi connectivity index (χ3v) is 4.08. The lowest BCUT2D eigenvalue weighted by Crippen LogP contribution is -2.31. The lowest BCUT2D eigenvalue weighted by molar-refractivity contribution is 0.468. The predicted octanol–water partition coefficient (Wildman–Crippen LogP) is -0.633. The average Bonchev–Trinajstić information content (AvgIpc) is 2.61. The maximum Gasteiger partial charge on any atom is 0.259 e. The van der Waals surface area contributed by atoms with Gasteiger partial charge in [-0.1, -0.05) is 0 Å². The summed E-state index contributed by atoms with van der Waals surface area (Å²) in [5, 5.41) is 11.0. The van der Waals surface area contributed by atoms with Crippen LogP contribution in [0, 0.1) is 5.41 Å². The molecule has 3 N–H and O–H groups in total. The van der Waals surface area contributed by atoms with Crippen LogP contribution < -0.4 is 5.73 Å². The summed E-state index contributed by atoms with van der Waals surface area (Å²) in [7, 11) is -0.530. The number of hydrogen-bond acceptors (Lipinski definition) is 4. The van der Waals surface area contributed by atoms with Gasteiger partial charge in [0.2, 0.25) is 0 Å². The van der Waals surface area contributed by atoms with Crippen molar-refractivity contribution in [3.8, 4) is 0 Å². The fourth-order valence-electron chi connectivity index (χ4n) is 1.17. The third-order valence-electron chi connectivity index (χ3n) is 2.15. The normalized spacial score (nSPS) is 11.9. The van der Waals surface area contributed by atoms with E-state index in [1.165, 1.54) is 24.0 Å². The molecule has 1 aromatic heterocycles. The first-order chi connectivity index (χ1) is 7.35. The average molecular weight is 245 g/mol. The van der Waals surface area contributed by atoms with Gasteiger partial charge in [0.15, 0.2) is 5.03 Å². The van der Waals surface area contributed by atoms with Gasteiger partial charge >= 0.3 is 0 Å². The Labute approximate surface area is 94.4 Å². The van der Waals surface area contributed by atoms with E-state index in [-0.39, 0.29) is 23.8 Å². The highest BCUT2D eigenvalue weighted by atomic mass is 32.2. The van der Waals surface area contributed by atoms with Crippen molar-refractivity contribution in [1.82, 2.24) is 14.1 Å². The van der Waals surface area contributed by atoms with Crippen LogP contribution in [0.5, 0.6) is 0 Å². The molecule has 16 heavy (non-hydrogen) atoms. The lowest BCUT2D eigenvalue weighted by atomic mass is 10.4. The minimum Gasteiger partial charge on any atom is -0.388 e. The topological polar surface area (TPSA) is 105 Å². The first kappa shape index (κ1) is 12.7. The number of nitrogens with zero attached hydrogens (tertiary/aromatic N) is 3. The SMILES string of the molecule is CN(CCC(=N)N)S(=O)(=O)c1ccnn1C. The molecule has 0 amide bonds. The number of aryl methyl sites for hydroxylation is 1. The van der Waals surface area contributed by atoms with E-state index in [2.05, 4.69) is 5.10 Å². The Morgan fingerprint density at radius 3 is 2.75 bits per heavy atom. The van der Waals surface area contributed by atoms with E-state index in [0.29, 0.717) is 0 Å². The van der Waals surface area contributed by atoms with Gasteiger partial charge in [-0.25, -0.2) is 8.42 Å². The summed E-state index contributed by atoms with van der Waals surface area (Å²) in [6, 6.07) is 1.43. The van der Waals surface area contributed by atoms with Crippen LogP contribution in [0.25, 0.3) is 0 Å². The number of hydrogen-bond donors (Lipinski definition) is 2. The number of aromatic nitrogens is 2. The first-order valence-corrected chi connectivity index (χ1v) is 6.07. The summed E-state index contributed by atoms with van der Waals surface area (Å²) in [6.45, 7) is 0.183. The van der Waals surface area contributed by atoms with Crippen molar-refractivity contribution >= 4 is 15.9 Å². The number of sulfonamides is 1. The molecule has 7 nitrogen and oxygen atoms in total. The van der Waals surface area contributed by atoms with Crippen LogP contribution in [0.15, 0.2) is 17.3 Å². The highest BCUT2D eigenvalue weighted by Gasteiger charge is 2.23. The smallest absolute Gasteiger partial charge is 0.259 e. The van der Waals surface area contributed by atoms with Gasteiger partial charge in [0.25, 0.3) is 10.0 Å². The van der Waals surface area contributed by atoms with Crippen molar-refractivity contribution in [2.45, 2.75) is 11.4 Å². The summed E-state index contributed by atoms with van der Waals surface area (Å²) in [4.78, 5) is 0. The van der Waals surface area contributed by atoms with E-state index in [9.17, 15) is 8.42 Å². The number of nitrogens with one attached hydrogen (secondary N) is 1. The Hall–Kier alpha value is -1.41. The summed E-state index contributed by atoms with van der Waals surface area (Å²) in [5.41, 5.74) is 5.18. The second kappa shape index (κ2) is 4.62. The number of rotatable bonds is 5. The van der Waals surface area contributed by atoms with Crippen molar-refractivity contribution < 1.29 is 8.42 Å². The quantitative estimate of drug-likeness (QED) is 0.532. The molecule has 0 spiro atoms. The molecule has 0 aliphatic heterocycles. The zero-order valence-electron chi connectivity index (χ0n) is 9.21. The fraction of sp³-hybridized carbons (Fsp3) is 0.500. The maximum atomic E-state index is 12.0. The van der Waals surface area contributed by atoms with Crippen LogP contribution >= 0.6 is 0 Å². The van der Waals surface area contributed by atoms with E-state index in [1.807, 2.05) is 0 Å². The van der Waals surface area contributed by atoms with Crippen molar-refractivity contribution in [1.29, 1.82) is 5.41 Å². The Kier molecular flexibility index (Phi) is 3.66. The van der Waals surface area contributed by atoms with Gasteiger partial charge in [0.1, 0.15) is 0 Å². The maximum absolute atomic E-state index is 12.0. The molecule has 1 rings (SSSR count). The predicted molar refractivity (Wildman–Crippen MR) is 59.6 cm³/mol. The van der Waals surface area contributed by atoms with Crippen molar-refractivity contribution in [3.05, 3.63) is 12.3 Å². The summed E-state index contributed by atoms with van der Waals surface area (Å²) < 4.78 is 26.4. The molecule has 0 bridgehead atoms. The second-order valence-electron chi connectivity index (χ2n) is 3.39. The zero-order chi connectivity index (χ0) is 12.3. The van der Waals surface area contributed by atoms with Gasteiger partial charge in [0.05, 0.1) is 12.0 Å². The Bertz CT molecular complexity index is 478. The van der Waals surface area contributed by atoms with Crippen LogP contribution in [0.4, 0.5) is 0 Å². The van der Waals surface area contributed by atoms with E-state index in [1.54, 1.807) is 7.05 Å². The van der Waals surface area contributed by atoms with Crippen LogP contribution in [0.3, 0.4) is 0 Å². The van der Waals surface area contributed by atoms with Crippen molar-refractivity contribution in [3.63, 3.8) is 0 Å². The van der Waals surface area contributed by atoms with Gasteiger partial charge in [0, 0.05) is 27.1 Å². The lowest BCUT2D eigenvalue weighted by Gasteiger charge is -2.16. The van der Waals surface area contributed by atoms with Crippen LogP contribution in [-0.4, -0.2) is 41.9 Å². The highest BCUT2D eigenvalue weighted by Crippen LogP contribution is 2.12. The number of nitrogens with two attached hydrogens (primary N) is 1. The Morgan fingerprint density at radius 2 is 2.31 bits per heavy atom. The molecule has 90 valence electrons. The van der Waals surface area contributed by atoms with E-state index < -0.39 is 10.0 Å². The molecule has 1 aromatic rings. The third kappa shape index (κ3) is 2.58. The van der Waals surface area contributed by atoms with Crippen molar-refractivity contribution in [2.24, 2.45) is 12.8 Å². The molecular formula is C8H15N5O2S. The molecular weight excluding hydrogens is 230 g/mol. The molecule has 0 aromatic carbocycles. The molecule has 0 saturated carbocycles. The summed E-state index contributed by atoms with van der Waals surface area (Å²) in [6.07, 6.45) is 1.64. The highest BCUT2D eigenvalue weighted by molar-refractivity contribution is 7.89. The molecule has 0 radical (unpaired) electrons. The van der Waals surface area contributed by atoms with Crippen LogP contribution in [-0.2, 0) is 17.1 Å². The van der Waals surface area contributed by atoms with Crippen LogP contribution in [0.2, 0.25) is 0 Å². The standard InChI is InChI=1S/C8H15N5O2S/c1-12(6-4-7(9)10)16(14,15)8-3-5-11-13(8)2/h3,5H,4,6H2,1-2H3,(H3,9,10). The molecule has 8 heteroatoms. The number of amidine groups is 1. The molecule has 0 fully saturated rings. The van der Waals surface area contributed by atoms with Gasteiger partial charge in [-0.3, -0.25) is 10.1 Å². The fourth-order valence-corrected chi connectivity index (χ4v) is 2.44. The van der Waals surface area contributed by atoms with E-state index >= 15 is 0 Å². The minimum atomic E-state index is -3.54. The van der Waals surface area contributed by atoms with E-state index in [4.69, 9.17) is 11.1 Å². The Balaban J connectivity index is 2.86. The molecule has 1 heterocycles. The molecule has 0 saturated heterocycles. The van der Waals surface area contributed by atoms with Gasteiger partial charge < -0.3 is 5.73 Å². The summed E-state index contributed by atoms with van der Waals surface area (Å²) >= 11 is 0.